The Morgan fingerprint density at radius 2 is 1.94 bits per heavy atom. The maximum atomic E-state index is 12.9. The molecule has 0 heterocycles. The Kier molecular flexibility index (Phi) is 3.36. The Bertz CT molecular complexity index is 435. The van der Waals surface area contributed by atoms with Gasteiger partial charge in [-0.15, -0.1) is 0 Å². The molecule has 1 aliphatic rings. The summed E-state index contributed by atoms with van der Waals surface area (Å²) in [5.41, 5.74) is -0.869. The summed E-state index contributed by atoms with van der Waals surface area (Å²) in [6.45, 7) is 2.11. The first-order chi connectivity index (χ1) is 8.30. The van der Waals surface area contributed by atoms with Gasteiger partial charge in [-0.3, -0.25) is 0 Å². The molecule has 0 aliphatic heterocycles. The summed E-state index contributed by atoms with van der Waals surface area (Å²) in [5.74, 6) is -0.860. The minimum atomic E-state index is -4.51. The summed E-state index contributed by atoms with van der Waals surface area (Å²) >= 11 is 0. The van der Waals surface area contributed by atoms with Crippen LogP contribution >= 0.6 is 0 Å². The van der Waals surface area contributed by atoms with Crippen molar-refractivity contribution in [3.05, 3.63) is 35.1 Å². The van der Waals surface area contributed by atoms with Crippen molar-refractivity contribution in [1.82, 2.24) is 5.32 Å². The maximum Gasteiger partial charge on any atom is 0.416 e. The average Bonchev–Trinajstić information content (AvgIpc) is 2.23. The second-order valence-electron chi connectivity index (χ2n) is 5.07. The molecule has 1 aromatic rings. The molecular weight excluding hydrogens is 246 g/mol. The zero-order valence-corrected chi connectivity index (χ0v) is 10.1. The molecule has 100 valence electrons. The lowest BCUT2D eigenvalue weighted by Gasteiger charge is -2.39. The number of benzene rings is 1. The number of hydrogen-bond donors (Lipinski definition) is 1. The third-order valence-electron chi connectivity index (χ3n) is 3.54. The number of hydrogen-bond acceptors (Lipinski definition) is 1. The van der Waals surface area contributed by atoms with E-state index >= 15 is 0 Å². The van der Waals surface area contributed by atoms with E-state index in [9.17, 15) is 17.6 Å². The SMILES string of the molecule is CC1(NCc2ccc(F)cc2C(F)(F)F)CCC1. The number of rotatable bonds is 3. The maximum absolute atomic E-state index is 12.9. The van der Waals surface area contributed by atoms with E-state index in [-0.39, 0.29) is 17.6 Å². The van der Waals surface area contributed by atoms with Crippen molar-refractivity contribution < 1.29 is 17.6 Å². The fourth-order valence-electron chi connectivity index (χ4n) is 2.16. The summed E-state index contributed by atoms with van der Waals surface area (Å²) in [5, 5.41) is 3.12. The molecule has 5 heteroatoms. The highest BCUT2D eigenvalue weighted by Gasteiger charge is 2.35. The lowest BCUT2D eigenvalue weighted by Crippen LogP contribution is -2.47. The van der Waals surface area contributed by atoms with Crippen LogP contribution in [-0.4, -0.2) is 5.54 Å². The van der Waals surface area contributed by atoms with Crippen molar-refractivity contribution in [1.29, 1.82) is 0 Å². The largest absolute Gasteiger partial charge is 0.416 e. The second-order valence-corrected chi connectivity index (χ2v) is 5.07. The first kappa shape index (κ1) is 13.3. The lowest BCUT2D eigenvalue weighted by molar-refractivity contribution is -0.138. The van der Waals surface area contributed by atoms with Crippen molar-refractivity contribution in [3.63, 3.8) is 0 Å². The van der Waals surface area contributed by atoms with Gasteiger partial charge < -0.3 is 5.32 Å². The molecule has 2 rings (SSSR count). The van der Waals surface area contributed by atoms with Gasteiger partial charge in [0.2, 0.25) is 0 Å². The molecule has 0 saturated heterocycles. The van der Waals surface area contributed by atoms with Gasteiger partial charge >= 0.3 is 6.18 Å². The summed E-state index contributed by atoms with van der Waals surface area (Å²) < 4.78 is 51.2. The Labute approximate surface area is 103 Å². The molecule has 1 aliphatic carbocycles. The molecule has 0 unspecified atom stereocenters. The molecule has 0 spiro atoms. The third kappa shape index (κ3) is 2.83. The molecule has 1 fully saturated rings. The molecule has 0 amide bonds. The minimum Gasteiger partial charge on any atom is -0.307 e. The predicted octanol–water partition coefficient (Wildman–Crippen LogP) is 3.88. The van der Waals surface area contributed by atoms with Gasteiger partial charge in [-0.1, -0.05) is 6.07 Å². The zero-order valence-electron chi connectivity index (χ0n) is 10.1. The van der Waals surface area contributed by atoms with Crippen LogP contribution in [0.3, 0.4) is 0 Å². The van der Waals surface area contributed by atoms with Crippen molar-refractivity contribution in [2.24, 2.45) is 0 Å². The summed E-state index contributed by atoms with van der Waals surface area (Å²) in [6, 6.07) is 2.82. The Morgan fingerprint density at radius 1 is 1.28 bits per heavy atom. The van der Waals surface area contributed by atoms with Crippen LogP contribution < -0.4 is 5.32 Å². The van der Waals surface area contributed by atoms with E-state index in [1.165, 1.54) is 6.07 Å². The van der Waals surface area contributed by atoms with Crippen molar-refractivity contribution in [2.45, 2.75) is 44.4 Å². The second kappa shape index (κ2) is 4.53. The van der Waals surface area contributed by atoms with E-state index < -0.39 is 17.6 Å². The normalized spacial score (nSPS) is 18.5. The average molecular weight is 261 g/mol. The van der Waals surface area contributed by atoms with Crippen LogP contribution in [0.1, 0.15) is 37.3 Å². The number of alkyl halides is 3. The van der Waals surface area contributed by atoms with Crippen LogP contribution in [0.4, 0.5) is 17.6 Å². The molecular formula is C13H15F4N. The van der Waals surface area contributed by atoms with Crippen molar-refractivity contribution in [2.75, 3.05) is 0 Å². The number of nitrogens with one attached hydrogen (secondary N) is 1. The van der Waals surface area contributed by atoms with Crippen LogP contribution in [0.2, 0.25) is 0 Å². The molecule has 0 radical (unpaired) electrons. The van der Waals surface area contributed by atoms with Gasteiger partial charge in [-0.05, 0) is 43.9 Å². The quantitative estimate of drug-likeness (QED) is 0.814. The summed E-state index contributed by atoms with van der Waals surface area (Å²) in [6.07, 6.45) is -1.48. The Hall–Kier alpha value is -1.10. The van der Waals surface area contributed by atoms with Gasteiger partial charge in [0.05, 0.1) is 5.56 Å². The van der Waals surface area contributed by atoms with Gasteiger partial charge in [0.15, 0.2) is 0 Å². The van der Waals surface area contributed by atoms with E-state index in [0.29, 0.717) is 6.07 Å². The van der Waals surface area contributed by atoms with Crippen LogP contribution in [0.25, 0.3) is 0 Å². The van der Waals surface area contributed by atoms with E-state index in [4.69, 9.17) is 0 Å². The molecule has 1 N–H and O–H groups in total. The van der Waals surface area contributed by atoms with E-state index in [0.717, 1.165) is 25.3 Å². The highest BCUT2D eigenvalue weighted by Crippen LogP contribution is 2.34. The van der Waals surface area contributed by atoms with Gasteiger partial charge in [0.25, 0.3) is 0 Å². The minimum absolute atomic E-state index is 0.0722. The van der Waals surface area contributed by atoms with E-state index in [2.05, 4.69) is 5.32 Å². The van der Waals surface area contributed by atoms with E-state index in [1.807, 2.05) is 6.92 Å². The van der Waals surface area contributed by atoms with Gasteiger partial charge in [0, 0.05) is 12.1 Å². The van der Waals surface area contributed by atoms with Gasteiger partial charge in [0.1, 0.15) is 5.82 Å². The fraction of sp³-hybridized carbons (Fsp3) is 0.538. The third-order valence-corrected chi connectivity index (χ3v) is 3.54. The number of halogens is 4. The first-order valence-electron chi connectivity index (χ1n) is 5.91. The highest BCUT2D eigenvalue weighted by atomic mass is 19.4. The van der Waals surface area contributed by atoms with Crippen molar-refractivity contribution >= 4 is 0 Å². The van der Waals surface area contributed by atoms with E-state index in [1.54, 1.807) is 0 Å². The summed E-state index contributed by atoms with van der Waals surface area (Å²) in [4.78, 5) is 0. The zero-order chi connectivity index (χ0) is 13.4. The van der Waals surface area contributed by atoms with Crippen LogP contribution in [0.15, 0.2) is 18.2 Å². The van der Waals surface area contributed by atoms with Crippen LogP contribution in [-0.2, 0) is 12.7 Å². The fourth-order valence-corrected chi connectivity index (χ4v) is 2.16. The van der Waals surface area contributed by atoms with Crippen molar-refractivity contribution in [3.8, 4) is 0 Å². The monoisotopic (exact) mass is 261 g/mol. The molecule has 18 heavy (non-hydrogen) atoms. The summed E-state index contributed by atoms with van der Waals surface area (Å²) in [7, 11) is 0. The van der Waals surface area contributed by atoms with Gasteiger partial charge in [-0.2, -0.15) is 13.2 Å². The molecule has 0 bridgehead atoms. The Balaban J connectivity index is 2.16. The van der Waals surface area contributed by atoms with Crippen LogP contribution in [0.5, 0.6) is 0 Å². The predicted molar refractivity (Wildman–Crippen MR) is 60.5 cm³/mol. The molecule has 1 nitrogen and oxygen atoms in total. The topological polar surface area (TPSA) is 12.0 Å². The Morgan fingerprint density at radius 3 is 2.44 bits per heavy atom. The smallest absolute Gasteiger partial charge is 0.307 e. The standard InChI is InChI=1S/C13H15F4N/c1-12(5-2-6-12)18-8-9-3-4-10(14)7-11(9)13(15,16)17/h3-4,7,18H,2,5-6,8H2,1H3. The molecule has 1 saturated carbocycles. The highest BCUT2D eigenvalue weighted by molar-refractivity contribution is 5.30. The first-order valence-corrected chi connectivity index (χ1v) is 5.91. The molecule has 0 aromatic heterocycles. The lowest BCUT2D eigenvalue weighted by atomic mass is 9.78. The van der Waals surface area contributed by atoms with Gasteiger partial charge in [-0.25, -0.2) is 4.39 Å². The molecule has 1 aromatic carbocycles. The molecule has 0 atom stereocenters. The van der Waals surface area contributed by atoms with Crippen LogP contribution in [0, 0.1) is 5.82 Å².